The van der Waals surface area contributed by atoms with Crippen molar-refractivity contribution in [3.8, 4) is 0 Å². The lowest BCUT2D eigenvalue weighted by Crippen LogP contribution is -3.13. The zero-order valence-corrected chi connectivity index (χ0v) is 15.8. The number of benzene rings is 2. The van der Waals surface area contributed by atoms with E-state index in [1.54, 1.807) is 12.1 Å². The first kappa shape index (κ1) is 17.4. The predicted molar refractivity (Wildman–Crippen MR) is 108 cm³/mol. The number of halogens is 1. The van der Waals surface area contributed by atoms with Crippen molar-refractivity contribution in [2.45, 2.75) is 25.8 Å². The van der Waals surface area contributed by atoms with Crippen molar-refractivity contribution >= 4 is 16.7 Å². The van der Waals surface area contributed by atoms with Gasteiger partial charge in [-0.05, 0) is 54.7 Å². The van der Waals surface area contributed by atoms with Gasteiger partial charge >= 0.3 is 5.63 Å². The molecule has 5 rings (SSSR count). The molecular formula is C23H24FN2O2+. The van der Waals surface area contributed by atoms with Gasteiger partial charge in [0.1, 0.15) is 17.9 Å². The highest BCUT2D eigenvalue weighted by Gasteiger charge is 2.23. The van der Waals surface area contributed by atoms with E-state index >= 15 is 0 Å². The number of aryl methyl sites for hydroxylation is 2. The Hall–Kier alpha value is -2.66. The van der Waals surface area contributed by atoms with Gasteiger partial charge in [-0.3, -0.25) is 0 Å². The molecule has 0 spiro atoms. The number of para-hydroxylation sites is 1. The van der Waals surface area contributed by atoms with Crippen LogP contribution >= 0.6 is 0 Å². The van der Waals surface area contributed by atoms with Crippen LogP contribution in [0.25, 0.3) is 11.0 Å². The third-order valence-corrected chi connectivity index (χ3v) is 6.15. The van der Waals surface area contributed by atoms with Crippen molar-refractivity contribution in [2.24, 2.45) is 0 Å². The first-order valence-electron chi connectivity index (χ1n) is 10.1. The van der Waals surface area contributed by atoms with Crippen LogP contribution in [-0.2, 0) is 19.4 Å². The van der Waals surface area contributed by atoms with Crippen LogP contribution in [0.1, 0.15) is 23.1 Å². The largest absolute Gasteiger partial charge is 0.423 e. The topological polar surface area (TPSA) is 37.9 Å². The summed E-state index contributed by atoms with van der Waals surface area (Å²) in [6, 6.07) is 12.9. The van der Waals surface area contributed by atoms with Gasteiger partial charge in [-0.15, -0.1) is 0 Å². The maximum absolute atomic E-state index is 14.1. The van der Waals surface area contributed by atoms with E-state index in [0.717, 1.165) is 56.5 Å². The van der Waals surface area contributed by atoms with E-state index < -0.39 is 0 Å². The molecule has 1 saturated heterocycles. The molecule has 1 N–H and O–H groups in total. The molecule has 4 nitrogen and oxygen atoms in total. The minimum Gasteiger partial charge on any atom is -0.423 e. The number of fused-ring (bicyclic) bond motifs is 2. The Bertz CT molecular complexity index is 1080. The molecule has 5 heteroatoms. The number of rotatable bonds is 3. The highest BCUT2D eigenvalue weighted by Crippen LogP contribution is 2.28. The number of quaternary nitrogens is 1. The summed E-state index contributed by atoms with van der Waals surface area (Å²) in [5.41, 5.74) is 4.90. The Balaban J connectivity index is 1.36. The molecule has 28 heavy (non-hydrogen) atoms. The summed E-state index contributed by atoms with van der Waals surface area (Å²) in [5, 5.41) is 1.07. The van der Waals surface area contributed by atoms with Crippen LogP contribution in [0, 0.1) is 5.82 Å². The summed E-state index contributed by atoms with van der Waals surface area (Å²) >= 11 is 0. The second-order valence-electron chi connectivity index (χ2n) is 7.93. The van der Waals surface area contributed by atoms with E-state index in [9.17, 15) is 9.18 Å². The number of anilines is 1. The fourth-order valence-electron chi connectivity index (χ4n) is 4.66. The first-order valence-corrected chi connectivity index (χ1v) is 10.1. The molecule has 0 saturated carbocycles. The van der Waals surface area contributed by atoms with Gasteiger partial charge in [-0.1, -0.05) is 12.1 Å². The summed E-state index contributed by atoms with van der Waals surface area (Å²) in [6.07, 6.45) is 3.36. The van der Waals surface area contributed by atoms with Gasteiger partial charge < -0.3 is 14.2 Å². The zero-order valence-electron chi connectivity index (χ0n) is 15.8. The summed E-state index contributed by atoms with van der Waals surface area (Å²) in [5.74, 6) is -0.161. The first-order chi connectivity index (χ1) is 13.7. The summed E-state index contributed by atoms with van der Waals surface area (Å²) < 4.78 is 19.5. The van der Waals surface area contributed by atoms with Crippen LogP contribution < -0.4 is 15.4 Å². The number of nitrogens with zero attached hydrogens (tertiary/aromatic N) is 1. The Morgan fingerprint density at radius 3 is 2.57 bits per heavy atom. The number of piperazine rings is 1. The standard InChI is InChI=1S/C23H23FN2O2/c24-20-6-1-2-7-21(20)26-10-8-25(9-11-26)15-18-14-23(27)28-22-13-17-5-3-4-16(17)12-19(18)22/h1-2,6-7,12-14H,3-5,8-11,15H2/p+1. The quantitative estimate of drug-likeness (QED) is 0.710. The van der Waals surface area contributed by atoms with E-state index in [2.05, 4.69) is 17.0 Å². The Labute approximate surface area is 163 Å². The SMILES string of the molecule is O=c1cc(C[NH+]2CCN(c3ccccc3F)CC2)c2cc3c(cc2o1)CCC3. The Morgan fingerprint density at radius 2 is 1.79 bits per heavy atom. The van der Waals surface area contributed by atoms with Gasteiger partial charge in [0.15, 0.2) is 0 Å². The second kappa shape index (κ2) is 7.06. The predicted octanol–water partition coefficient (Wildman–Crippen LogP) is 2.33. The molecule has 0 bridgehead atoms. The van der Waals surface area contributed by atoms with Crippen molar-refractivity contribution in [1.29, 1.82) is 0 Å². The third-order valence-electron chi connectivity index (χ3n) is 6.15. The van der Waals surface area contributed by atoms with Crippen LogP contribution in [-0.4, -0.2) is 26.2 Å². The van der Waals surface area contributed by atoms with Crippen molar-refractivity contribution in [3.63, 3.8) is 0 Å². The number of hydrogen-bond acceptors (Lipinski definition) is 3. The average molecular weight is 379 g/mol. The number of hydrogen-bond donors (Lipinski definition) is 1. The fourth-order valence-corrected chi connectivity index (χ4v) is 4.66. The molecule has 144 valence electrons. The molecule has 0 unspecified atom stereocenters. The Morgan fingerprint density at radius 1 is 1.04 bits per heavy atom. The fraction of sp³-hybridized carbons (Fsp3) is 0.348. The van der Waals surface area contributed by atoms with Crippen LogP contribution in [0.4, 0.5) is 10.1 Å². The monoisotopic (exact) mass is 379 g/mol. The van der Waals surface area contributed by atoms with Crippen molar-refractivity contribution in [1.82, 2.24) is 0 Å². The molecule has 2 aliphatic rings. The maximum Gasteiger partial charge on any atom is 0.336 e. The lowest BCUT2D eigenvalue weighted by molar-refractivity contribution is -0.914. The van der Waals surface area contributed by atoms with Crippen LogP contribution in [0.15, 0.2) is 51.7 Å². The molecule has 1 aromatic heterocycles. The van der Waals surface area contributed by atoms with Crippen LogP contribution in [0.3, 0.4) is 0 Å². The normalized spacial score (nSPS) is 17.2. The molecule has 0 amide bonds. The molecule has 1 aliphatic heterocycles. The van der Waals surface area contributed by atoms with Crippen molar-refractivity contribution in [3.05, 3.63) is 75.4 Å². The molecule has 2 aromatic carbocycles. The van der Waals surface area contributed by atoms with Crippen LogP contribution in [0.5, 0.6) is 0 Å². The minimum atomic E-state index is -0.273. The van der Waals surface area contributed by atoms with Gasteiger partial charge in [0, 0.05) is 17.0 Å². The third kappa shape index (κ3) is 3.20. The molecule has 0 atom stereocenters. The van der Waals surface area contributed by atoms with Crippen LogP contribution in [0.2, 0.25) is 0 Å². The average Bonchev–Trinajstić information content (AvgIpc) is 3.15. The van der Waals surface area contributed by atoms with E-state index in [4.69, 9.17) is 4.42 Å². The smallest absolute Gasteiger partial charge is 0.336 e. The summed E-state index contributed by atoms with van der Waals surface area (Å²) in [6.45, 7) is 4.25. The van der Waals surface area contributed by atoms with E-state index in [0.29, 0.717) is 11.3 Å². The Kier molecular flexibility index (Phi) is 4.40. The van der Waals surface area contributed by atoms with Gasteiger partial charge in [0.2, 0.25) is 0 Å². The lowest BCUT2D eigenvalue weighted by atomic mass is 10.0. The molecule has 1 aliphatic carbocycles. The molecule has 1 fully saturated rings. The zero-order chi connectivity index (χ0) is 19.1. The summed E-state index contributed by atoms with van der Waals surface area (Å²) in [7, 11) is 0. The second-order valence-corrected chi connectivity index (χ2v) is 7.93. The van der Waals surface area contributed by atoms with Gasteiger partial charge in [0.25, 0.3) is 0 Å². The molecular weight excluding hydrogens is 355 g/mol. The van der Waals surface area contributed by atoms with Gasteiger partial charge in [-0.2, -0.15) is 0 Å². The lowest BCUT2D eigenvalue weighted by Gasteiger charge is -2.33. The summed E-state index contributed by atoms with van der Waals surface area (Å²) in [4.78, 5) is 15.6. The highest BCUT2D eigenvalue weighted by atomic mass is 19.1. The van der Waals surface area contributed by atoms with Crippen molar-refractivity contribution in [2.75, 3.05) is 31.1 Å². The van der Waals surface area contributed by atoms with Gasteiger partial charge in [-0.25, -0.2) is 9.18 Å². The highest BCUT2D eigenvalue weighted by molar-refractivity contribution is 5.82. The van der Waals surface area contributed by atoms with E-state index in [-0.39, 0.29) is 11.4 Å². The van der Waals surface area contributed by atoms with Gasteiger partial charge in [0.05, 0.1) is 31.9 Å². The maximum atomic E-state index is 14.1. The van der Waals surface area contributed by atoms with Crippen molar-refractivity contribution < 1.29 is 13.7 Å². The molecule has 0 radical (unpaired) electrons. The van der Waals surface area contributed by atoms with E-state index in [1.807, 2.05) is 12.1 Å². The molecule has 2 heterocycles. The number of nitrogens with one attached hydrogen (secondary N) is 1. The van der Waals surface area contributed by atoms with E-state index in [1.165, 1.54) is 28.5 Å². The molecule has 3 aromatic rings. The minimum absolute atomic E-state index is 0.161.